The summed E-state index contributed by atoms with van der Waals surface area (Å²) in [6.07, 6.45) is 0.840. The predicted molar refractivity (Wildman–Crippen MR) is 84.1 cm³/mol. The van der Waals surface area contributed by atoms with E-state index in [1.165, 1.54) is 0 Å². The lowest BCUT2D eigenvalue weighted by atomic mass is 10.2. The molecule has 6 heteroatoms. The first-order valence-electron chi connectivity index (χ1n) is 6.49. The molecule has 5 nitrogen and oxygen atoms in total. The number of nitrogens with two attached hydrogens (primary N) is 1. The molecule has 0 fully saturated rings. The molecule has 3 aromatic rings. The third-order valence-corrected chi connectivity index (χ3v) is 4.35. The Bertz CT molecular complexity index is 800. The fraction of sp³-hybridized carbons (Fsp3) is 0.286. The number of benzene rings is 1. The van der Waals surface area contributed by atoms with Crippen molar-refractivity contribution in [2.75, 3.05) is 5.73 Å². The minimum atomic E-state index is 0.490. The molecule has 0 unspecified atom stereocenters. The third kappa shape index (κ3) is 1.83. The van der Waals surface area contributed by atoms with Gasteiger partial charge < -0.3 is 5.73 Å². The first kappa shape index (κ1) is 13.2. The van der Waals surface area contributed by atoms with Gasteiger partial charge in [0.1, 0.15) is 5.52 Å². The number of nitrogen functional groups attached to an aromatic ring is 1. The molecule has 3 rings (SSSR count). The monoisotopic (exact) mass is 333 g/mol. The molecule has 0 bridgehead atoms. The summed E-state index contributed by atoms with van der Waals surface area (Å²) in [4.78, 5) is 4.48. The number of anilines is 1. The van der Waals surface area contributed by atoms with Gasteiger partial charge in [0.25, 0.3) is 0 Å². The molecule has 20 heavy (non-hydrogen) atoms. The zero-order valence-electron chi connectivity index (χ0n) is 11.7. The Kier molecular flexibility index (Phi) is 3.05. The molecule has 0 saturated heterocycles. The Morgan fingerprint density at radius 3 is 2.75 bits per heavy atom. The van der Waals surface area contributed by atoms with Crippen LogP contribution in [0.1, 0.15) is 18.2 Å². The van der Waals surface area contributed by atoms with Crippen LogP contribution in [0.3, 0.4) is 0 Å². The van der Waals surface area contributed by atoms with Gasteiger partial charge in [-0.2, -0.15) is 5.10 Å². The smallest absolute Gasteiger partial charge is 0.207 e. The van der Waals surface area contributed by atoms with Crippen molar-refractivity contribution in [1.82, 2.24) is 19.3 Å². The van der Waals surface area contributed by atoms with E-state index in [-0.39, 0.29) is 0 Å². The Balaban J connectivity index is 2.32. The van der Waals surface area contributed by atoms with Crippen LogP contribution in [0.4, 0.5) is 5.95 Å². The number of hydrogen-bond donors (Lipinski definition) is 1. The molecule has 2 N–H and O–H groups in total. The largest absolute Gasteiger partial charge is 0.369 e. The Labute approximate surface area is 125 Å². The number of nitrogens with zero attached hydrogens (tertiary/aromatic N) is 4. The number of hydrogen-bond acceptors (Lipinski definition) is 3. The number of rotatable bonds is 2. The number of aryl methyl sites for hydroxylation is 3. The van der Waals surface area contributed by atoms with Crippen LogP contribution in [-0.4, -0.2) is 19.3 Å². The Hall–Kier alpha value is -1.82. The van der Waals surface area contributed by atoms with Gasteiger partial charge in [0.15, 0.2) is 5.65 Å². The molecule has 0 aliphatic heterocycles. The standard InChI is InChI=1S/C14H16BrN5/c1-4-11-12-13(19(3)18-11)20(14(16)17-12)9-5-6-10(15)8(2)7-9/h5-7H,4H2,1-3H3,(H2,16,17). The number of aromatic nitrogens is 4. The molecule has 0 aliphatic rings. The minimum absolute atomic E-state index is 0.490. The average molecular weight is 334 g/mol. The topological polar surface area (TPSA) is 61.7 Å². The van der Waals surface area contributed by atoms with Crippen LogP contribution >= 0.6 is 15.9 Å². The molecule has 1 aromatic carbocycles. The van der Waals surface area contributed by atoms with Gasteiger partial charge >= 0.3 is 0 Å². The normalized spacial score (nSPS) is 11.4. The van der Waals surface area contributed by atoms with Gasteiger partial charge in [0.05, 0.1) is 11.4 Å². The molecule has 2 heterocycles. The van der Waals surface area contributed by atoms with Crippen LogP contribution < -0.4 is 5.73 Å². The Morgan fingerprint density at radius 2 is 2.10 bits per heavy atom. The summed E-state index contributed by atoms with van der Waals surface area (Å²) in [5, 5.41) is 4.50. The van der Waals surface area contributed by atoms with E-state index in [0.717, 1.165) is 39.0 Å². The van der Waals surface area contributed by atoms with Crippen molar-refractivity contribution in [3.63, 3.8) is 0 Å². The zero-order valence-corrected chi connectivity index (χ0v) is 13.3. The van der Waals surface area contributed by atoms with Crippen LogP contribution in [-0.2, 0) is 13.5 Å². The molecule has 2 aromatic heterocycles. The van der Waals surface area contributed by atoms with Crippen LogP contribution in [0.5, 0.6) is 0 Å². The lowest BCUT2D eigenvalue weighted by Crippen LogP contribution is -2.05. The number of imidazole rings is 1. The summed E-state index contributed by atoms with van der Waals surface area (Å²) in [6, 6.07) is 6.13. The Morgan fingerprint density at radius 1 is 1.35 bits per heavy atom. The number of halogens is 1. The van der Waals surface area contributed by atoms with Gasteiger partial charge in [-0.1, -0.05) is 22.9 Å². The zero-order chi connectivity index (χ0) is 14.4. The van der Waals surface area contributed by atoms with Crippen molar-refractivity contribution in [2.45, 2.75) is 20.3 Å². The van der Waals surface area contributed by atoms with Gasteiger partial charge in [-0.05, 0) is 37.1 Å². The maximum absolute atomic E-state index is 6.11. The highest BCUT2D eigenvalue weighted by atomic mass is 79.9. The minimum Gasteiger partial charge on any atom is -0.369 e. The van der Waals surface area contributed by atoms with Crippen molar-refractivity contribution in [1.29, 1.82) is 0 Å². The predicted octanol–water partition coefficient (Wildman–Crippen LogP) is 2.97. The summed E-state index contributed by atoms with van der Waals surface area (Å²) in [7, 11) is 1.92. The van der Waals surface area contributed by atoms with E-state index in [2.05, 4.69) is 45.9 Å². The van der Waals surface area contributed by atoms with Crippen LogP contribution in [0, 0.1) is 6.92 Å². The highest BCUT2D eigenvalue weighted by Gasteiger charge is 2.18. The summed E-state index contributed by atoms with van der Waals surface area (Å²) >= 11 is 3.52. The molecule has 0 aliphatic carbocycles. The summed E-state index contributed by atoms with van der Waals surface area (Å²) in [6.45, 7) is 4.12. The SMILES string of the molecule is CCc1nn(C)c2c1nc(N)n2-c1ccc(Br)c(C)c1. The van der Waals surface area contributed by atoms with Crippen LogP contribution in [0.25, 0.3) is 16.9 Å². The lowest BCUT2D eigenvalue weighted by Gasteiger charge is -2.08. The van der Waals surface area contributed by atoms with Crippen molar-refractivity contribution in [3.05, 3.63) is 33.9 Å². The third-order valence-electron chi connectivity index (χ3n) is 3.46. The molecule has 104 valence electrons. The molecular formula is C14H16BrN5. The first-order chi connectivity index (χ1) is 9.52. The first-order valence-corrected chi connectivity index (χ1v) is 7.28. The van der Waals surface area contributed by atoms with E-state index in [4.69, 9.17) is 5.73 Å². The van der Waals surface area contributed by atoms with Crippen molar-refractivity contribution >= 4 is 33.0 Å². The van der Waals surface area contributed by atoms with Gasteiger partial charge in [0.2, 0.25) is 5.95 Å². The van der Waals surface area contributed by atoms with Gasteiger partial charge in [-0.3, -0.25) is 4.57 Å². The fourth-order valence-electron chi connectivity index (χ4n) is 2.46. The summed E-state index contributed by atoms with van der Waals surface area (Å²) in [5.74, 6) is 0.490. The van der Waals surface area contributed by atoms with E-state index in [9.17, 15) is 0 Å². The van der Waals surface area contributed by atoms with Crippen molar-refractivity contribution in [2.24, 2.45) is 7.05 Å². The molecule has 0 amide bonds. The van der Waals surface area contributed by atoms with E-state index in [1.54, 1.807) is 0 Å². The van der Waals surface area contributed by atoms with Crippen LogP contribution in [0.2, 0.25) is 0 Å². The van der Waals surface area contributed by atoms with Crippen molar-refractivity contribution < 1.29 is 0 Å². The summed E-state index contributed by atoms with van der Waals surface area (Å²) in [5.41, 5.74) is 11.0. The fourth-order valence-corrected chi connectivity index (χ4v) is 2.70. The van der Waals surface area contributed by atoms with Gasteiger partial charge in [-0.15, -0.1) is 0 Å². The highest BCUT2D eigenvalue weighted by molar-refractivity contribution is 9.10. The lowest BCUT2D eigenvalue weighted by molar-refractivity contribution is 0.751. The molecule has 0 saturated carbocycles. The number of fused-ring (bicyclic) bond motifs is 1. The summed E-state index contributed by atoms with van der Waals surface area (Å²) < 4.78 is 4.87. The average Bonchev–Trinajstić information content (AvgIpc) is 2.90. The van der Waals surface area contributed by atoms with Gasteiger partial charge in [0, 0.05) is 11.5 Å². The van der Waals surface area contributed by atoms with E-state index in [1.807, 2.05) is 28.4 Å². The molecule has 0 atom stereocenters. The van der Waals surface area contributed by atoms with Gasteiger partial charge in [-0.25, -0.2) is 9.67 Å². The van der Waals surface area contributed by atoms with E-state index >= 15 is 0 Å². The molecule has 0 spiro atoms. The van der Waals surface area contributed by atoms with Crippen molar-refractivity contribution in [3.8, 4) is 5.69 Å². The maximum Gasteiger partial charge on any atom is 0.207 e. The second kappa shape index (κ2) is 4.63. The molecular weight excluding hydrogens is 318 g/mol. The van der Waals surface area contributed by atoms with Crippen LogP contribution in [0.15, 0.2) is 22.7 Å². The second-order valence-electron chi connectivity index (χ2n) is 4.83. The van der Waals surface area contributed by atoms with E-state index < -0.39 is 0 Å². The maximum atomic E-state index is 6.11. The quantitative estimate of drug-likeness (QED) is 0.784. The second-order valence-corrected chi connectivity index (χ2v) is 5.69. The molecule has 0 radical (unpaired) electrons. The highest BCUT2D eigenvalue weighted by Crippen LogP contribution is 2.27. The van der Waals surface area contributed by atoms with E-state index in [0.29, 0.717) is 5.95 Å².